The van der Waals surface area contributed by atoms with Gasteiger partial charge in [0.25, 0.3) is 0 Å². The topological polar surface area (TPSA) is 55.1 Å². The van der Waals surface area contributed by atoms with Crippen LogP contribution in [0.4, 0.5) is 8.78 Å². The molecule has 6 heteroatoms. The van der Waals surface area contributed by atoms with Crippen molar-refractivity contribution in [1.82, 2.24) is 5.43 Å². The fourth-order valence-electron chi connectivity index (χ4n) is 0.932. The predicted molar refractivity (Wildman–Crippen MR) is 54.0 cm³/mol. The van der Waals surface area contributed by atoms with Gasteiger partial charge in [-0.05, 0) is 19.1 Å². The molecule has 1 aromatic carbocycles. The number of hydrazine groups is 1. The minimum atomic E-state index is -0.684. The van der Waals surface area contributed by atoms with Crippen LogP contribution in [-0.4, -0.2) is 11.2 Å². The van der Waals surface area contributed by atoms with Crippen molar-refractivity contribution in [1.29, 1.82) is 0 Å². The van der Waals surface area contributed by atoms with Crippen molar-refractivity contribution in [3.05, 3.63) is 29.8 Å². The summed E-state index contributed by atoms with van der Waals surface area (Å²) in [5.41, 5.74) is 1.96. The standard InChI is InChI=1S/C9H10F2N2OS/c1-5(9(14)13-12)15-8-3-2-6(10)4-7(8)11/h2-5H,12H2,1H3,(H,13,14). The van der Waals surface area contributed by atoms with Gasteiger partial charge < -0.3 is 0 Å². The maximum absolute atomic E-state index is 13.2. The zero-order valence-corrected chi connectivity index (χ0v) is 8.78. The van der Waals surface area contributed by atoms with Crippen LogP contribution in [0.25, 0.3) is 0 Å². The van der Waals surface area contributed by atoms with Gasteiger partial charge in [-0.25, -0.2) is 14.6 Å². The third kappa shape index (κ3) is 3.17. The molecule has 0 aliphatic carbocycles. The van der Waals surface area contributed by atoms with Gasteiger partial charge in [0.2, 0.25) is 5.91 Å². The summed E-state index contributed by atoms with van der Waals surface area (Å²) >= 11 is 0.978. The maximum atomic E-state index is 13.2. The van der Waals surface area contributed by atoms with Crippen LogP contribution >= 0.6 is 11.8 Å². The predicted octanol–water partition coefficient (Wildman–Crippen LogP) is 1.44. The summed E-state index contributed by atoms with van der Waals surface area (Å²) in [4.78, 5) is 11.3. The van der Waals surface area contributed by atoms with E-state index in [1.165, 1.54) is 6.07 Å². The molecular formula is C9H10F2N2OS. The molecule has 0 saturated heterocycles. The van der Waals surface area contributed by atoms with E-state index < -0.39 is 22.8 Å². The molecule has 0 aliphatic rings. The summed E-state index contributed by atoms with van der Waals surface area (Å²) in [5.74, 6) is 3.18. The zero-order chi connectivity index (χ0) is 11.4. The van der Waals surface area contributed by atoms with Gasteiger partial charge in [-0.3, -0.25) is 10.2 Å². The second-order valence-electron chi connectivity index (χ2n) is 2.84. The van der Waals surface area contributed by atoms with Crippen LogP contribution in [0.3, 0.4) is 0 Å². The number of carbonyl (C=O) groups excluding carboxylic acids is 1. The normalized spacial score (nSPS) is 12.3. The van der Waals surface area contributed by atoms with Gasteiger partial charge in [0, 0.05) is 11.0 Å². The number of nitrogens with two attached hydrogens (primary N) is 1. The van der Waals surface area contributed by atoms with E-state index in [-0.39, 0.29) is 4.90 Å². The lowest BCUT2D eigenvalue weighted by molar-refractivity contribution is -0.120. The van der Waals surface area contributed by atoms with Crippen LogP contribution in [-0.2, 0) is 4.79 Å². The number of thioether (sulfide) groups is 1. The number of hydrogen-bond acceptors (Lipinski definition) is 3. The van der Waals surface area contributed by atoms with E-state index in [4.69, 9.17) is 5.84 Å². The molecule has 3 nitrogen and oxygen atoms in total. The number of rotatable bonds is 3. The van der Waals surface area contributed by atoms with Crippen LogP contribution < -0.4 is 11.3 Å². The van der Waals surface area contributed by atoms with E-state index in [0.717, 1.165) is 23.9 Å². The van der Waals surface area contributed by atoms with Gasteiger partial charge in [0.1, 0.15) is 11.6 Å². The number of carbonyl (C=O) groups is 1. The van der Waals surface area contributed by atoms with Crippen molar-refractivity contribution in [2.24, 2.45) is 5.84 Å². The van der Waals surface area contributed by atoms with E-state index in [2.05, 4.69) is 0 Å². The van der Waals surface area contributed by atoms with E-state index in [1.54, 1.807) is 6.92 Å². The van der Waals surface area contributed by atoms with Crippen molar-refractivity contribution < 1.29 is 13.6 Å². The van der Waals surface area contributed by atoms with Crippen LogP contribution in [0, 0.1) is 11.6 Å². The van der Waals surface area contributed by atoms with Crippen LogP contribution in [0.5, 0.6) is 0 Å². The zero-order valence-electron chi connectivity index (χ0n) is 7.96. The third-order valence-corrected chi connectivity index (χ3v) is 2.86. The first-order chi connectivity index (χ1) is 7.04. The first-order valence-electron chi connectivity index (χ1n) is 4.16. The van der Waals surface area contributed by atoms with Crippen molar-refractivity contribution in [2.75, 3.05) is 0 Å². The van der Waals surface area contributed by atoms with Crippen molar-refractivity contribution >= 4 is 17.7 Å². The lowest BCUT2D eigenvalue weighted by Gasteiger charge is -2.09. The van der Waals surface area contributed by atoms with Gasteiger partial charge in [-0.2, -0.15) is 0 Å². The second-order valence-corrected chi connectivity index (χ2v) is 4.23. The number of amides is 1. The van der Waals surface area contributed by atoms with E-state index in [9.17, 15) is 13.6 Å². The Labute approximate surface area is 90.0 Å². The van der Waals surface area contributed by atoms with Crippen LogP contribution in [0.15, 0.2) is 23.1 Å². The lowest BCUT2D eigenvalue weighted by atomic mass is 10.3. The third-order valence-electron chi connectivity index (χ3n) is 1.71. The molecule has 0 bridgehead atoms. The number of nitrogens with one attached hydrogen (secondary N) is 1. The van der Waals surface area contributed by atoms with E-state index in [1.807, 2.05) is 5.43 Å². The highest BCUT2D eigenvalue weighted by Crippen LogP contribution is 2.26. The van der Waals surface area contributed by atoms with Gasteiger partial charge >= 0.3 is 0 Å². The fourth-order valence-corrected chi connectivity index (χ4v) is 1.81. The van der Waals surface area contributed by atoms with Crippen LogP contribution in [0.2, 0.25) is 0 Å². The monoisotopic (exact) mass is 232 g/mol. The smallest absolute Gasteiger partial charge is 0.247 e. The maximum Gasteiger partial charge on any atom is 0.247 e. The SMILES string of the molecule is CC(Sc1ccc(F)cc1F)C(=O)NN. The lowest BCUT2D eigenvalue weighted by Crippen LogP contribution is -2.36. The van der Waals surface area contributed by atoms with Gasteiger partial charge in [-0.15, -0.1) is 11.8 Å². The number of benzene rings is 1. The highest BCUT2D eigenvalue weighted by Gasteiger charge is 2.15. The molecular weight excluding hydrogens is 222 g/mol. The van der Waals surface area contributed by atoms with Crippen LogP contribution in [0.1, 0.15) is 6.92 Å². The average molecular weight is 232 g/mol. The molecule has 1 atom stereocenters. The molecule has 0 aromatic heterocycles. The Morgan fingerprint density at radius 2 is 2.20 bits per heavy atom. The molecule has 0 radical (unpaired) electrons. The molecule has 0 aliphatic heterocycles. The molecule has 82 valence electrons. The second kappa shape index (κ2) is 5.09. The molecule has 0 spiro atoms. The highest BCUT2D eigenvalue weighted by molar-refractivity contribution is 8.00. The molecule has 0 heterocycles. The molecule has 1 amide bonds. The van der Waals surface area contributed by atoms with Gasteiger partial charge in [-0.1, -0.05) is 0 Å². The summed E-state index contributed by atoms with van der Waals surface area (Å²) in [6, 6.07) is 3.20. The summed E-state index contributed by atoms with van der Waals surface area (Å²) in [5, 5.41) is -0.532. The molecule has 1 aromatic rings. The quantitative estimate of drug-likeness (QED) is 0.359. The molecule has 0 saturated carbocycles. The first kappa shape index (κ1) is 11.9. The Balaban J connectivity index is 2.76. The van der Waals surface area contributed by atoms with E-state index >= 15 is 0 Å². The summed E-state index contributed by atoms with van der Waals surface area (Å²) < 4.78 is 25.7. The molecule has 1 rings (SSSR count). The van der Waals surface area contributed by atoms with Gasteiger partial charge in [0.15, 0.2) is 0 Å². The Morgan fingerprint density at radius 1 is 1.53 bits per heavy atom. The Morgan fingerprint density at radius 3 is 2.73 bits per heavy atom. The minimum absolute atomic E-state index is 0.215. The molecule has 3 N–H and O–H groups in total. The average Bonchev–Trinajstić information content (AvgIpc) is 2.20. The number of halogens is 2. The fraction of sp³-hybridized carbons (Fsp3) is 0.222. The van der Waals surface area contributed by atoms with Crippen molar-refractivity contribution in [3.63, 3.8) is 0 Å². The summed E-state index contributed by atoms with van der Waals surface area (Å²) in [7, 11) is 0. The first-order valence-corrected chi connectivity index (χ1v) is 5.04. The largest absolute Gasteiger partial charge is 0.293 e. The Bertz CT molecular complexity index is 373. The van der Waals surface area contributed by atoms with Crippen molar-refractivity contribution in [3.8, 4) is 0 Å². The number of hydrogen-bond donors (Lipinski definition) is 2. The molecule has 0 fully saturated rings. The minimum Gasteiger partial charge on any atom is -0.293 e. The summed E-state index contributed by atoms with van der Waals surface area (Å²) in [6.45, 7) is 1.58. The van der Waals surface area contributed by atoms with Gasteiger partial charge in [0.05, 0.1) is 5.25 Å². The summed E-state index contributed by atoms with van der Waals surface area (Å²) in [6.07, 6.45) is 0. The molecule has 1 unspecified atom stereocenters. The van der Waals surface area contributed by atoms with Crippen molar-refractivity contribution in [2.45, 2.75) is 17.1 Å². The van der Waals surface area contributed by atoms with E-state index in [0.29, 0.717) is 0 Å². The highest BCUT2D eigenvalue weighted by atomic mass is 32.2. The molecule has 15 heavy (non-hydrogen) atoms. The Kier molecular flexibility index (Phi) is 4.05. The Hall–Kier alpha value is -1.14.